The van der Waals surface area contributed by atoms with Crippen molar-refractivity contribution >= 4 is 21.4 Å². The Morgan fingerprint density at radius 2 is 1.74 bits per heavy atom. The van der Waals surface area contributed by atoms with Crippen molar-refractivity contribution in [3.8, 4) is 34.5 Å². The molecule has 4 aromatic rings. The van der Waals surface area contributed by atoms with Crippen LogP contribution >= 0.6 is 0 Å². The molecule has 15 heteroatoms. The lowest BCUT2D eigenvalue weighted by atomic mass is 9.96. The summed E-state index contributed by atoms with van der Waals surface area (Å²) in [6, 6.07) is 14.3. The molecule has 43 heavy (non-hydrogen) atoms. The second kappa shape index (κ2) is 10.8. The minimum Gasteiger partial charge on any atom is -0.419 e. The van der Waals surface area contributed by atoms with E-state index in [4.69, 9.17) is 10.2 Å². The van der Waals surface area contributed by atoms with Gasteiger partial charge in [0.15, 0.2) is 9.84 Å². The molecule has 2 aromatic carbocycles. The Bertz CT molecular complexity index is 1830. The molecule has 0 spiro atoms. The number of amides is 1. The van der Waals surface area contributed by atoms with Gasteiger partial charge in [-0.1, -0.05) is 24.3 Å². The number of nitriles is 1. The van der Waals surface area contributed by atoms with E-state index < -0.39 is 45.2 Å². The van der Waals surface area contributed by atoms with E-state index in [0.29, 0.717) is 22.3 Å². The van der Waals surface area contributed by atoms with E-state index in [-0.39, 0.29) is 28.9 Å². The van der Waals surface area contributed by atoms with Crippen molar-refractivity contribution in [1.82, 2.24) is 15.2 Å². The lowest BCUT2D eigenvalue weighted by Crippen LogP contribution is -2.45. The van der Waals surface area contributed by atoms with Gasteiger partial charge in [-0.25, -0.2) is 13.4 Å². The quantitative estimate of drug-likeness (QED) is 0.334. The molecule has 0 saturated heterocycles. The summed E-state index contributed by atoms with van der Waals surface area (Å²) in [5.41, 5.74) is 7.12. The largest absolute Gasteiger partial charge is 0.574 e. The SMILES string of the molecule is CC(C)(C#N)c1nnc(-c2ccc3c(c2)N(Cc2ccc(-c4ccc(OC(F)(F)F)nc4)cc2)C(=O)[C@@H](N)CS3(=O)=O)o1. The molecule has 0 bridgehead atoms. The molecule has 0 unspecified atom stereocenters. The summed E-state index contributed by atoms with van der Waals surface area (Å²) in [4.78, 5) is 18.2. The van der Waals surface area contributed by atoms with Crippen molar-refractivity contribution in [3.05, 3.63) is 72.2 Å². The van der Waals surface area contributed by atoms with Gasteiger partial charge in [-0.3, -0.25) is 4.79 Å². The van der Waals surface area contributed by atoms with Gasteiger partial charge in [0.25, 0.3) is 0 Å². The van der Waals surface area contributed by atoms with Gasteiger partial charge in [-0.2, -0.15) is 5.26 Å². The number of hydrogen-bond acceptors (Lipinski definition) is 10. The van der Waals surface area contributed by atoms with Crippen LogP contribution in [0.3, 0.4) is 0 Å². The van der Waals surface area contributed by atoms with Crippen LogP contribution < -0.4 is 15.4 Å². The Morgan fingerprint density at radius 1 is 1.07 bits per heavy atom. The Morgan fingerprint density at radius 3 is 2.37 bits per heavy atom. The number of pyridine rings is 1. The molecule has 0 saturated carbocycles. The molecule has 0 aliphatic carbocycles. The molecule has 1 aliphatic heterocycles. The van der Waals surface area contributed by atoms with Crippen LogP contribution in [0, 0.1) is 11.3 Å². The average molecular weight is 613 g/mol. The van der Waals surface area contributed by atoms with Crippen LogP contribution in [0.4, 0.5) is 18.9 Å². The fourth-order valence-corrected chi connectivity index (χ4v) is 5.92. The minimum atomic E-state index is -4.86. The first-order valence-electron chi connectivity index (χ1n) is 12.7. The third kappa shape index (κ3) is 6.20. The maximum absolute atomic E-state index is 13.4. The zero-order valence-electron chi connectivity index (χ0n) is 22.7. The molecule has 1 amide bonds. The number of anilines is 1. The highest BCUT2D eigenvalue weighted by Crippen LogP contribution is 2.36. The Labute approximate surface area is 243 Å². The van der Waals surface area contributed by atoms with Crippen molar-refractivity contribution in [2.24, 2.45) is 5.73 Å². The van der Waals surface area contributed by atoms with Gasteiger partial charge in [0, 0.05) is 23.4 Å². The van der Waals surface area contributed by atoms with Crippen LogP contribution in [0.1, 0.15) is 25.3 Å². The van der Waals surface area contributed by atoms with E-state index in [0.717, 1.165) is 6.07 Å². The van der Waals surface area contributed by atoms with E-state index in [9.17, 15) is 31.6 Å². The monoisotopic (exact) mass is 612 g/mol. The number of fused-ring (bicyclic) bond motifs is 1. The van der Waals surface area contributed by atoms with Gasteiger partial charge in [-0.15, -0.1) is 23.4 Å². The first-order chi connectivity index (χ1) is 20.2. The zero-order valence-corrected chi connectivity index (χ0v) is 23.5. The zero-order chi connectivity index (χ0) is 31.2. The first kappa shape index (κ1) is 29.7. The fraction of sp³-hybridized carbons (Fsp3) is 0.250. The predicted octanol–water partition coefficient (Wildman–Crippen LogP) is 4.15. The Balaban J connectivity index is 1.47. The highest BCUT2D eigenvalue weighted by molar-refractivity contribution is 7.91. The summed E-state index contributed by atoms with van der Waals surface area (Å²) in [6.07, 6.45) is -3.62. The summed E-state index contributed by atoms with van der Waals surface area (Å²) in [7, 11) is -3.95. The van der Waals surface area contributed by atoms with Crippen LogP contribution in [-0.4, -0.2) is 47.7 Å². The van der Waals surface area contributed by atoms with E-state index in [1.54, 1.807) is 38.1 Å². The maximum atomic E-state index is 13.4. The Kier molecular flexibility index (Phi) is 7.45. The third-order valence-electron chi connectivity index (χ3n) is 6.64. The summed E-state index contributed by atoms with van der Waals surface area (Å²) in [5.74, 6) is -1.70. The van der Waals surface area contributed by atoms with Gasteiger partial charge in [0.05, 0.1) is 35.0 Å². The maximum Gasteiger partial charge on any atom is 0.574 e. The lowest BCUT2D eigenvalue weighted by molar-refractivity contribution is -0.276. The predicted molar refractivity (Wildman–Crippen MR) is 146 cm³/mol. The number of carbonyl (C=O) groups excluding carboxylic acids is 1. The molecule has 11 nitrogen and oxygen atoms in total. The summed E-state index contributed by atoms with van der Waals surface area (Å²) < 4.78 is 73.1. The second-order valence-corrected chi connectivity index (χ2v) is 12.3. The molecule has 2 aromatic heterocycles. The van der Waals surface area contributed by atoms with Gasteiger partial charge in [-0.05, 0) is 49.2 Å². The van der Waals surface area contributed by atoms with Crippen LogP contribution in [0.15, 0.2) is 70.1 Å². The van der Waals surface area contributed by atoms with Gasteiger partial charge in [0.1, 0.15) is 5.41 Å². The van der Waals surface area contributed by atoms with Crippen molar-refractivity contribution in [3.63, 3.8) is 0 Å². The van der Waals surface area contributed by atoms with E-state index >= 15 is 0 Å². The number of rotatable bonds is 6. The summed E-state index contributed by atoms with van der Waals surface area (Å²) in [6.45, 7) is 3.16. The molecule has 0 fully saturated rings. The van der Waals surface area contributed by atoms with E-state index in [1.807, 2.05) is 0 Å². The van der Waals surface area contributed by atoms with E-state index in [2.05, 4.69) is 26.0 Å². The highest BCUT2D eigenvalue weighted by Gasteiger charge is 2.37. The van der Waals surface area contributed by atoms with Crippen molar-refractivity contribution in [2.75, 3.05) is 10.7 Å². The number of hydrogen-bond donors (Lipinski definition) is 1. The van der Waals surface area contributed by atoms with Gasteiger partial charge < -0.3 is 19.8 Å². The number of alkyl halides is 3. The number of aromatic nitrogens is 3. The standard InChI is InChI=1S/C28H23F3N6O5S/c1-27(2,15-32)26-36-35-24(41-26)18-7-9-22-21(11-18)37(25(38)20(33)14-43(22,39)40)13-16-3-5-17(6-4-16)19-8-10-23(34-12-19)42-28(29,30)31/h3-12,20H,13-14,33H2,1-2H3/t20-/m0/s1. The number of ether oxygens (including phenoxy) is 1. The first-order valence-corrected chi connectivity index (χ1v) is 14.3. The van der Waals surface area contributed by atoms with Crippen LogP contribution in [0.25, 0.3) is 22.6 Å². The molecule has 2 N–H and O–H groups in total. The number of sulfone groups is 1. The normalized spacial score (nSPS) is 16.7. The van der Waals surface area contributed by atoms with E-state index in [1.165, 1.54) is 35.4 Å². The molecular weight excluding hydrogens is 589 g/mol. The highest BCUT2D eigenvalue weighted by atomic mass is 32.2. The molecule has 3 heterocycles. The van der Waals surface area contributed by atoms with Crippen molar-refractivity contribution in [2.45, 2.75) is 43.1 Å². The fourth-order valence-electron chi connectivity index (χ4n) is 4.36. The molecule has 1 atom stereocenters. The van der Waals surface area contributed by atoms with Crippen molar-refractivity contribution < 1.29 is 35.5 Å². The summed E-state index contributed by atoms with van der Waals surface area (Å²) in [5, 5.41) is 17.3. The molecule has 1 aliphatic rings. The van der Waals surface area contributed by atoms with Crippen LogP contribution in [-0.2, 0) is 26.6 Å². The van der Waals surface area contributed by atoms with Crippen LogP contribution in [0.5, 0.6) is 5.88 Å². The molecule has 222 valence electrons. The number of benzene rings is 2. The van der Waals surface area contributed by atoms with Gasteiger partial charge in [0.2, 0.25) is 23.6 Å². The molecule has 0 radical (unpaired) electrons. The average Bonchev–Trinajstić information content (AvgIpc) is 3.44. The van der Waals surface area contributed by atoms with Crippen LogP contribution in [0.2, 0.25) is 0 Å². The topological polar surface area (TPSA) is 165 Å². The molecule has 5 rings (SSSR count). The second-order valence-electron chi connectivity index (χ2n) is 10.3. The smallest absolute Gasteiger partial charge is 0.419 e. The number of halogens is 3. The van der Waals surface area contributed by atoms with Crippen molar-refractivity contribution in [1.29, 1.82) is 5.26 Å². The number of carbonyl (C=O) groups is 1. The Hall–Kier alpha value is -4.81. The number of nitrogens with zero attached hydrogens (tertiary/aromatic N) is 5. The number of nitrogens with two attached hydrogens (primary N) is 1. The third-order valence-corrected chi connectivity index (χ3v) is 8.45. The lowest BCUT2D eigenvalue weighted by Gasteiger charge is -2.24. The minimum absolute atomic E-state index is 0.0316. The molecular formula is C28H23F3N6O5S. The summed E-state index contributed by atoms with van der Waals surface area (Å²) >= 11 is 0. The van der Waals surface area contributed by atoms with Gasteiger partial charge >= 0.3 is 6.36 Å².